The van der Waals surface area contributed by atoms with Crippen LogP contribution in [0.5, 0.6) is 0 Å². The van der Waals surface area contributed by atoms with E-state index in [0.717, 1.165) is 70.3 Å². The van der Waals surface area contributed by atoms with E-state index < -0.39 is 0 Å². The van der Waals surface area contributed by atoms with Crippen molar-refractivity contribution in [1.29, 1.82) is 0 Å². The van der Waals surface area contributed by atoms with E-state index in [1.165, 1.54) is 161 Å². The SMILES string of the molecule is CC(=O)C=C(C)O.[2H]c1c[n+]2c(c([2H])c1[2H])-c1c([2H])c([2H])c([2H])c([2H])c1C2.[Ir].[Ir].[c-]1ccc2c(sc3ccccc32)c1-c1ccccn1.[c-]1ccccc1-c1ccccn1.[c-]1ccccc1-c1nc2ccccc2n1-c1ccccc1.c1cc2c3c(c1)c1ccccc1n1c4ccccc4[n+](c31)C2.c1cc[n+]2c(c1)-c1c(ccc3c1sc1ccccc13)C2.c1ccc(-n2c3[n+](c4ccccc42)Cc2ccccc2-3)cc1. The fourth-order valence-corrected chi connectivity index (χ4v) is 21.3. The molecular weight excluding hydrogens is 2090 g/mol. The van der Waals surface area contributed by atoms with Crippen LogP contribution in [0.25, 0.3) is 180 Å². The number of fused-ring (bicyclic) bond motifs is 25. The van der Waals surface area contributed by atoms with Crippen LogP contribution in [0, 0.1) is 18.2 Å². The molecule has 1 N–H and O–H groups in total. The van der Waals surface area contributed by atoms with Gasteiger partial charge in [-0.2, -0.15) is 29.4 Å². The number of benzene rings is 15. The van der Waals surface area contributed by atoms with Gasteiger partial charge in [-0.1, -0.05) is 224 Å². The van der Waals surface area contributed by atoms with Crippen molar-refractivity contribution >= 4 is 129 Å². The zero-order valence-corrected chi connectivity index (χ0v) is 81.2. The molecule has 29 rings (SSSR count). The van der Waals surface area contributed by atoms with Gasteiger partial charge in [0.2, 0.25) is 11.4 Å². The van der Waals surface area contributed by atoms with Gasteiger partial charge in [-0.05, 0) is 151 Å². The maximum atomic E-state index is 10.0. The Kier molecular flexibility index (Phi) is 24.0. The zero-order valence-electron chi connectivity index (χ0n) is 81.8. The van der Waals surface area contributed by atoms with E-state index in [-0.39, 0.29) is 112 Å². The first-order chi connectivity index (χ1) is 70.1. The Morgan fingerprint density at radius 1 is 0.406 bits per heavy atom. The van der Waals surface area contributed by atoms with E-state index in [1.807, 2.05) is 156 Å². The van der Waals surface area contributed by atoms with E-state index >= 15 is 0 Å². The Bertz CT molecular complexity index is 9240. The molecule has 4 aliphatic heterocycles. The van der Waals surface area contributed by atoms with Gasteiger partial charge in [-0.3, -0.25) is 9.78 Å². The van der Waals surface area contributed by atoms with Crippen LogP contribution >= 0.6 is 22.7 Å². The maximum absolute atomic E-state index is 10.0. The van der Waals surface area contributed by atoms with Crippen LogP contribution in [0.2, 0.25) is 0 Å². The average molecular weight is 2180 g/mol. The first-order valence-electron chi connectivity index (χ1n) is 48.5. The van der Waals surface area contributed by atoms with E-state index in [0.29, 0.717) is 5.56 Å². The molecule has 0 amide bonds. The Hall–Kier alpha value is -15.7. The fourth-order valence-electron chi connectivity index (χ4n) is 18.8. The summed E-state index contributed by atoms with van der Waals surface area (Å²) in [6.45, 7) is 5.96. The number of ketones is 1. The van der Waals surface area contributed by atoms with E-state index in [1.54, 1.807) is 10.8 Å². The summed E-state index contributed by atoms with van der Waals surface area (Å²) in [7, 11) is 0. The molecule has 0 atom stereocenters. The molecule has 15 aromatic carbocycles. The number of aliphatic hydroxyl groups is 1. The number of carbonyl (C=O) groups is 1. The Balaban J connectivity index is 0.000000102. The van der Waals surface area contributed by atoms with Crippen LogP contribution in [0.4, 0.5) is 0 Å². The van der Waals surface area contributed by atoms with Crippen LogP contribution in [-0.4, -0.2) is 39.4 Å². The summed E-state index contributed by atoms with van der Waals surface area (Å²) in [6, 6.07) is 139. The molecule has 2 radical (unpaired) electrons. The summed E-state index contributed by atoms with van der Waals surface area (Å²) in [5.41, 5.74) is 26.7. The number of thiophene rings is 2. The Morgan fingerprint density at radius 2 is 0.971 bits per heavy atom. The smallest absolute Gasteiger partial charge is 0.296 e. The van der Waals surface area contributed by atoms with Crippen molar-refractivity contribution in [2.45, 2.75) is 40.0 Å². The molecule has 0 saturated heterocycles. The number of nitrogens with zero attached hydrogens (tertiary/aromatic N) is 10. The van der Waals surface area contributed by atoms with Gasteiger partial charge >= 0.3 is 0 Å². The molecule has 0 spiro atoms. The first kappa shape index (κ1) is 81.8. The van der Waals surface area contributed by atoms with E-state index in [2.05, 4.69) is 310 Å². The molecule has 0 bridgehead atoms. The molecule has 668 valence electrons. The van der Waals surface area contributed by atoms with Crippen LogP contribution < -0.4 is 18.3 Å². The Labute approximate surface area is 843 Å². The zero-order chi connectivity index (χ0) is 97.5. The summed E-state index contributed by atoms with van der Waals surface area (Å²) in [4.78, 5) is 23.5. The number of rotatable bonds is 6. The normalized spacial score (nSPS) is 12.4. The third kappa shape index (κ3) is 17.7. The second-order valence-corrected chi connectivity index (χ2v) is 35.2. The molecule has 25 aromatic rings. The molecule has 12 nitrogen and oxygen atoms in total. The molecule has 0 saturated carbocycles. The van der Waals surface area contributed by atoms with E-state index in [4.69, 9.17) is 19.7 Å². The number of hydrogen-bond acceptors (Lipinski definition) is 7. The summed E-state index contributed by atoms with van der Waals surface area (Å²) in [6.07, 6.45) is 8.35. The van der Waals surface area contributed by atoms with Gasteiger partial charge in [-0.15, -0.1) is 107 Å². The van der Waals surface area contributed by atoms with Gasteiger partial charge in [0.05, 0.1) is 54.3 Å². The number of aliphatic hydroxyl groups excluding tert-OH is 1. The molecule has 14 heterocycles. The number of allylic oxidation sites excluding steroid dienone is 2. The molecule has 16 heteroatoms. The molecule has 10 aromatic heterocycles. The van der Waals surface area contributed by atoms with Crippen LogP contribution in [0.1, 0.15) is 45.7 Å². The monoisotopic (exact) mass is 2180 g/mol. The predicted octanol–water partition coefficient (Wildman–Crippen LogP) is 27.4. The van der Waals surface area contributed by atoms with Gasteiger partial charge in [0.15, 0.2) is 53.3 Å². The van der Waals surface area contributed by atoms with Crippen LogP contribution in [0.15, 0.2) is 455 Å². The Morgan fingerprint density at radius 3 is 1.68 bits per heavy atom. The maximum Gasteiger partial charge on any atom is 0.296 e. The number of pyridine rings is 5. The third-order valence-corrected chi connectivity index (χ3v) is 27.0. The number of aromatic nitrogens is 10. The average Bonchev–Trinajstić information content (AvgIpc) is 1.53. The van der Waals surface area contributed by atoms with Crippen molar-refractivity contribution in [2.75, 3.05) is 0 Å². The second-order valence-electron chi connectivity index (χ2n) is 33.1. The molecule has 0 fully saturated rings. The fraction of sp³-hybridized carbons (Fsp3) is 0.0492. The van der Waals surface area contributed by atoms with Crippen molar-refractivity contribution in [3.8, 4) is 79.2 Å². The summed E-state index contributed by atoms with van der Waals surface area (Å²) in [5.74, 6) is 2.14. The van der Waals surface area contributed by atoms with E-state index in [9.17, 15) is 4.79 Å². The minimum atomic E-state index is -0.344. The molecule has 0 aliphatic carbocycles. The summed E-state index contributed by atoms with van der Waals surface area (Å²) >= 11 is 3.73. The van der Waals surface area contributed by atoms with Crippen LogP contribution in [0.3, 0.4) is 0 Å². The van der Waals surface area contributed by atoms with Gasteiger partial charge in [0, 0.05) is 146 Å². The van der Waals surface area contributed by atoms with Crippen molar-refractivity contribution < 1.29 is 78.0 Å². The first-order valence-corrected chi connectivity index (χ1v) is 46.7. The quantitative estimate of drug-likeness (QED) is 0.0587. The molecule has 4 aliphatic rings. The standard InChI is InChI=1S/C20H13N2.C20H15N2.C19H13N2.C18H12NS.C17H10NS.C12H10N.C11H8N.C5H8O2.2Ir/c1-2-9-16-14(7-1)15-8-5-6-13-12-21-17-10-3-4-11-18(17)22(16)20(21)19(13)15;1-2-9-16(10-3-1)22-19-13-7-6-12-18(19)21-14-15-8-4-5-11-17(15)20(21)22;1-3-9-15(10-4-1)19-20-17-13-7-8-14-18(17)21(19)16-11-5-2-6-12-16;1-2-7-16-13(5-1)14-9-8-12-11-19-10-4-3-6-15(19)17(12)18(14)20-16;1-2-10-16-12(6-1)13-7-5-8-14(17(13)19-16)15-9-3-4-11-18-15;1-2-6-11-10(5-1)9-13-8-4-3-7-12(11)13;1-2-6-10(7-3-1)11-8-4-5-9-12-11;1-4(6)3-5(2)7;;/h1-11H,12H2;1-13H,14H2;1-9,11-14H;1-10H,11H2;1-7,9-11H;1-8H,9H2;1-6,8-9H;3,6H,1-2H3;;/q2*+1;-1;+1;-1;+1;-1;;;/i;;;;;1D,2D,3D,4D,5D,6D,7D;;;;. The number of para-hydroxylation sites is 9. The predicted molar refractivity (Wildman–Crippen MR) is 555 cm³/mol. The van der Waals surface area contributed by atoms with Crippen molar-refractivity contribution in [3.05, 3.63) is 495 Å². The minimum absolute atomic E-state index is 0. The minimum Gasteiger partial charge on any atom is -0.512 e. The number of imidazole rings is 3. The second kappa shape index (κ2) is 40.4. The van der Waals surface area contributed by atoms with Gasteiger partial charge < -0.3 is 19.6 Å². The van der Waals surface area contributed by atoms with Crippen molar-refractivity contribution in [3.63, 3.8) is 0 Å². The van der Waals surface area contributed by atoms with Crippen molar-refractivity contribution in [2.24, 2.45) is 0 Å². The number of carbonyl (C=O) groups excluding carboxylic acids is 1. The number of hydrogen-bond donors (Lipinski definition) is 1. The summed E-state index contributed by atoms with van der Waals surface area (Å²) in [5, 5.41) is 17.9. The topological polar surface area (TPSA) is 106 Å². The molecule has 0 unspecified atom stereocenters. The van der Waals surface area contributed by atoms with Crippen LogP contribution in [-0.2, 0) is 71.2 Å². The van der Waals surface area contributed by atoms with Gasteiger partial charge in [0.25, 0.3) is 11.5 Å². The molecule has 138 heavy (non-hydrogen) atoms. The summed E-state index contributed by atoms with van der Waals surface area (Å²) < 4.78 is 75.7. The van der Waals surface area contributed by atoms with Gasteiger partial charge in [0.1, 0.15) is 24.3 Å². The third-order valence-electron chi connectivity index (χ3n) is 24.6. The molecular formula is C122H89Ir2N10O2S2+. The van der Waals surface area contributed by atoms with Crippen molar-refractivity contribution in [1.82, 2.24) is 28.5 Å². The van der Waals surface area contributed by atoms with Gasteiger partial charge in [-0.25, -0.2) is 9.13 Å². The largest absolute Gasteiger partial charge is 0.512 e.